The van der Waals surface area contributed by atoms with E-state index in [0.717, 1.165) is 17.4 Å². The molecule has 1 heterocycles. The molecule has 6 nitrogen and oxygen atoms in total. The Morgan fingerprint density at radius 3 is 2.44 bits per heavy atom. The van der Waals surface area contributed by atoms with Crippen LogP contribution in [0.3, 0.4) is 0 Å². The molecule has 0 atom stereocenters. The Hall–Kier alpha value is -2.74. The summed E-state index contributed by atoms with van der Waals surface area (Å²) in [5.41, 5.74) is 0.0239. The monoisotopic (exact) mass is 365 g/mol. The molecular formula is C17H16FNO5S. The van der Waals surface area contributed by atoms with Gasteiger partial charge in [0.15, 0.2) is 0 Å². The SMILES string of the molecule is CCOC(=O)c1csc(NC(=O)c2cccc(F)c2)c1C(=O)OCC. The summed E-state index contributed by atoms with van der Waals surface area (Å²) in [7, 11) is 0. The van der Waals surface area contributed by atoms with Gasteiger partial charge in [0, 0.05) is 10.9 Å². The maximum absolute atomic E-state index is 13.3. The Morgan fingerprint density at radius 1 is 1.12 bits per heavy atom. The standard InChI is InChI=1S/C17H16FNO5S/c1-3-23-16(21)12-9-25-15(13(12)17(22)24-4-2)19-14(20)10-6-5-7-11(18)8-10/h5-9H,3-4H2,1-2H3,(H,19,20). The number of rotatable bonds is 6. The molecule has 1 N–H and O–H groups in total. The quantitative estimate of drug-likeness (QED) is 0.793. The van der Waals surface area contributed by atoms with Gasteiger partial charge in [0.05, 0.1) is 18.8 Å². The van der Waals surface area contributed by atoms with Gasteiger partial charge >= 0.3 is 11.9 Å². The number of anilines is 1. The van der Waals surface area contributed by atoms with Crippen LogP contribution in [0.1, 0.15) is 44.9 Å². The molecule has 1 aromatic carbocycles. The summed E-state index contributed by atoms with van der Waals surface area (Å²) in [4.78, 5) is 36.5. The molecule has 0 saturated heterocycles. The summed E-state index contributed by atoms with van der Waals surface area (Å²) in [6, 6.07) is 5.11. The Bertz CT molecular complexity index is 802. The van der Waals surface area contributed by atoms with E-state index in [0.29, 0.717) is 0 Å². The summed E-state index contributed by atoms with van der Waals surface area (Å²) in [6.07, 6.45) is 0. The van der Waals surface area contributed by atoms with E-state index in [1.165, 1.54) is 23.6 Å². The second-order valence-corrected chi connectivity index (χ2v) is 5.64. The van der Waals surface area contributed by atoms with Crippen molar-refractivity contribution in [2.24, 2.45) is 0 Å². The van der Waals surface area contributed by atoms with Crippen molar-refractivity contribution in [1.29, 1.82) is 0 Å². The maximum atomic E-state index is 13.3. The summed E-state index contributed by atoms with van der Waals surface area (Å²) < 4.78 is 23.1. The maximum Gasteiger partial charge on any atom is 0.342 e. The van der Waals surface area contributed by atoms with Crippen molar-refractivity contribution in [1.82, 2.24) is 0 Å². The number of ether oxygens (including phenoxy) is 2. The molecule has 0 fully saturated rings. The highest BCUT2D eigenvalue weighted by atomic mass is 32.1. The third-order valence-corrected chi connectivity index (χ3v) is 3.98. The van der Waals surface area contributed by atoms with Crippen LogP contribution in [0.25, 0.3) is 0 Å². The third kappa shape index (κ3) is 4.42. The molecule has 1 amide bonds. The van der Waals surface area contributed by atoms with Crippen molar-refractivity contribution >= 4 is 34.2 Å². The van der Waals surface area contributed by atoms with Gasteiger partial charge in [-0.1, -0.05) is 6.07 Å². The lowest BCUT2D eigenvalue weighted by Gasteiger charge is -2.08. The highest BCUT2D eigenvalue weighted by molar-refractivity contribution is 7.15. The predicted octanol–water partition coefficient (Wildman–Crippen LogP) is 3.49. The Morgan fingerprint density at radius 2 is 1.80 bits per heavy atom. The van der Waals surface area contributed by atoms with Crippen molar-refractivity contribution in [3.63, 3.8) is 0 Å². The largest absolute Gasteiger partial charge is 0.462 e. The fraction of sp³-hybridized carbons (Fsp3) is 0.235. The van der Waals surface area contributed by atoms with Gasteiger partial charge in [0.1, 0.15) is 16.4 Å². The number of halogens is 1. The number of carbonyl (C=O) groups excluding carboxylic acids is 3. The molecule has 25 heavy (non-hydrogen) atoms. The van der Waals surface area contributed by atoms with Gasteiger partial charge in [0.25, 0.3) is 5.91 Å². The van der Waals surface area contributed by atoms with Crippen LogP contribution in [0.2, 0.25) is 0 Å². The number of benzene rings is 1. The van der Waals surface area contributed by atoms with Crippen LogP contribution >= 0.6 is 11.3 Å². The summed E-state index contributed by atoms with van der Waals surface area (Å²) >= 11 is 0.984. The minimum atomic E-state index is -0.749. The molecule has 0 radical (unpaired) electrons. The lowest BCUT2D eigenvalue weighted by atomic mass is 10.1. The highest BCUT2D eigenvalue weighted by Crippen LogP contribution is 2.30. The lowest BCUT2D eigenvalue weighted by molar-refractivity contribution is 0.0481. The fourth-order valence-corrected chi connectivity index (χ4v) is 2.93. The second kappa shape index (κ2) is 8.39. The van der Waals surface area contributed by atoms with E-state index in [1.54, 1.807) is 13.8 Å². The van der Waals surface area contributed by atoms with Gasteiger partial charge in [-0.3, -0.25) is 4.79 Å². The number of esters is 2. The molecule has 2 aromatic rings. The first-order valence-corrected chi connectivity index (χ1v) is 8.38. The van der Waals surface area contributed by atoms with E-state index in [4.69, 9.17) is 9.47 Å². The van der Waals surface area contributed by atoms with Crippen molar-refractivity contribution in [3.8, 4) is 0 Å². The van der Waals surface area contributed by atoms with Crippen LogP contribution < -0.4 is 5.32 Å². The van der Waals surface area contributed by atoms with E-state index < -0.39 is 23.7 Å². The van der Waals surface area contributed by atoms with Crippen molar-refractivity contribution in [2.45, 2.75) is 13.8 Å². The van der Waals surface area contributed by atoms with Gasteiger partial charge in [-0.25, -0.2) is 14.0 Å². The predicted molar refractivity (Wildman–Crippen MR) is 90.6 cm³/mol. The van der Waals surface area contributed by atoms with Gasteiger partial charge in [-0.2, -0.15) is 0 Å². The molecule has 2 rings (SSSR count). The summed E-state index contributed by atoms with van der Waals surface area (Å²) in [5.74, 6) is -2.60. The third-order valence-electron chi connectivity index (χ3n) is 3.08. The molecule has 0 aliphatic rings. The Kier molecular flexibility index (Phi) is 6.24. The van der Waals surface area contributed by atoms with Gasteiger partial charge in [-0.05, 0) is 32.0 Å². The van der Waals surface area contributed by atoms with Crippen molar-refractivity contribution < 1.29 is 28.2 Å². The highest BCUT2D eigenvalue weighted by Gasteiger charge is 2.26. The molecule has 0 unspecified atom stereocenters. The zero-order valence-corrected chi connectivity index (χ0v) is 14.4. The van der Waals surface area contributed by atoms with Crippen LogP contribution in [0, 0.1) is 5.82 Å². The van der Waals surface area contributed by atoms with Crippen LogP contribution in [-0.2, 0) is 9.47 Å². The molecule has 8 heteroatoms. The minimum absolute atomic E-state index is 0.0137. The summed E-state index contributed by atoms with van der Waals surface area (Å²) in [6.45, 7) is 3.51. The molecule has 132 valence electrons. The van der Waals surface area contributed by atoms with Crippen molar-refractivity contribution in [3.05, 3.63) is 52.2 Å². The molecular weight excluding hydrogens is 349 g/mol. The van der Waals surface area contributed by atoms with E-state index in [9.17, 15) is 18.8 Å². The number of thiophene rings is 1. The first-order valence-electron chi connectivity index (χ1n) is 7.50. The Balaban J connectivity index is 2.35. The minimum Gasteiger partial charge on any atom is -0.462 e. The molecule has 0 spiro atoms. The Labute approximate surface area is 147 Å². The van der Waals surface area contributed by atoms with Gasteiger partial charge in [0.2, 0.25) is 0 Å². The molecule has 0 bridgehead atoms. The number of carbonyl (C=O) groups is 3. The van der Waals surface area contributed by atoms with Gasteiger partial charge in [-0.15, -0.1) is 11.3 Å². The number of amides is 1. The van der Waals surface area contributed by atoms with Crippen molar-refractivity contribution in [2.75, 3.05) is 18.5 Å². The average molecular weight is 365 g/mol. The molecule has 0 aliphatic carbocycles. The van der Waals surface area contributed by atoms with E-state index in [-0.39, 0.29) is 34.9 Å². The van der Waals surface area contributed by atoms with Crippen LogP contribution in [0.4, 0.5) is 9.39 Å². The smallest absolute Gasteiger partial charge is 0.342 e. The lowest BCUT2D eigenvalue weighted by Crippen LogP contribution is -2.17. The number of hydrogen-bond donors (Lipinski definition) is 1. The first kappa shape index (κ1) is 18.6. The molecule has 1 aromatic heterocycles. The number of hydrogen-bond acceptors (Lipinski definition) is 6. The van der Waals surface area contributed by atoms with Crippen LogP contribution in [-0.4, -0.2) is 31.1 Å². The zero-order valence-electron chi connectivity index (χ0n) is 13.6. The topological polar surface area (TPSA) is 81.7 Å². The van der Waals surface area contributed by atoms with Gasteiger partial charge < -0.3 is 14.8 Å². The normalized spacial score (nSPS) is 10.2. The number of nitrogens with one attached hydrogen (secondary N) is 1. The van der Waals surface area contributed by atoms with Crippen LogP contribution in [0.15, 0.2) is 29.6 Å². The van der Waals surface area contributed by atoms with Crippen LogP contribution in [0.5, 0.6) is 0 Å². The van der Waals surface area contributed by atoms with E-state index in [2.05, 4.69) is 5.32 Å². The fourth-order valence-electron chi connectivity index (χ4n) is 2.02. The van der Waals surface area contributed by atoms with E-state index in [1.807, 2.05) is 0 Å². The average Bonchev–Trinajstić information content (AvgIpc) is 2.99. The second-order valence-electron chi connectivity index (χ2n) is 4.76. The first-order chi connectivity index (χ1) is 12.0. The zero-order chi connectivity index (χ0) is 18.4. The molecule has 0 saturated carbocycles. The summed E-state index contributed by atoms with van der Waals surface area (Å²) in [5, 5.41) is 4.06. The molecule has 0 aliphatic heterocycles. The van der Waals surface area contributed by atoms with E-state index >= 15 is 0 Å².